The van der Waals surface area contributed by atoms with E-state index in [2.05, 4.69) is 48.2 Å². The highest BCUT2D eigenvalue weighted by Crippen LogP contribution is 2.17. The van der Waals surface area contributed by atoms with Gasteiger partial charge in [-0.25, -0.2) is 4.99 Å². The number of likely N-dealkylation sites (N-methyl/N-ethyl adjacent to an activating group) is 1. The molecule has 0 aliphatic carbocycles. The maximum atomic E-state index is 12.0. The summed E-state index contributed by atoms with van der Waals surface area (Å²) >= 11 is 2.15. The maximum absolute atomic E-state index is 12.0. The molecule has 1 aliphatic rings. The molecule has 1 heterocycles. The van der Waals surface area contributed by atoms with E-state index in [-0.39, 0.29) is 5.71 Å². The van der Waals surface area contributed by atoms with Crippen molar-refractivity contribution in [2.75, 3.05) is 24.1 Å². The van der Waals surface area contributed by atoms with Crippen LogP contribution >= 0.6 is 22.6 Å². The number of azide groups is 1. The van der Waals surface area contributed by atoms with Gasteiger partial charge in [-0.15, -0.1) is 0 Å². The number of allylic oxidation sites excluding steroid dienone is 1. The molecule has 0 saturated carbocycles. The van der Waals surface area contributed by atoms with E-state index in [1.807, 2.05) is 11.8 Å². The summed E-state index contributed by atoms with van der Waals surface area (Å²) < 4.78 is 0.566. The molecule has 0 spiro atoms. The number of amides is 1. The molecule has 1 atom stereocenters. The molecule has 12 heteroatoms. The minimum Gasteiger partial charge on any atom is -0.357 e. The average molecular weight is 436 g/mol. The van der Waals surface area contributed by atoms with Crippen molar-refractivity contribution >= 4 is 34.2 Å². The first-order valence-corrected chi connectivity index (χ1v) is 8.44. The van der Waals surface area contributed by atoms with E-state index in [1.165, 1.54) is 0 Å². The predicted octanol–water partition coefficient (Wildman–Crippen LogP) is -1.13. The van der Waals surface area contributed by atoms with Gasteiger partial charge >= 0.3 is 0 Å². The second-order valence-electron chi connectivity index (χ2n) is 4.58. The van der Waals surface area contributed by atoms with Gasteiger partial charge in [0.2, 0.25) is 0 Å². The molecule has 11 nitrogen and oxygen atoms in total. The summed E-state index contributed by atoms with van der Waals surface area (Å²) in [6, 6.07) is 0. The number of carbonyl (C=O) groups excluding carboxylic acids is 1. The van der Waals surface area contributed by atoms with Crippen LogP contribution in [-0.2, 0) is 4.79 Å². The summed E-state index contributed by atoms with van der Waals surface area (Å²) in [5.74, 6) is 0.203. The Kier molecular flexibility index (Phi) is 8.05. The fourth-order valence-corrected chi connectivity index (χ4v) is 2.52. The van der Waals surface area contributed by atoms with Gasteiger partial charge in [-0.05, 0) is 12.5 Å². The van der Waals surface area contributed by atoms with Crippen molar-refractivity contribution in [3.05, 3.63) is 22.0 Å². The van der Waals surface area contributed by atoms with Crippen molar-refractivity contribution in [3.63, 3.8) is 0 Å². The Morgan fingerprint density at radius 1 is 1.65 bits per heavy atom. The molecule has 8 N–H and O–H groups in total. The van der Waals surface area contributed by atoms with E-state index < -0.39 is 18.4 Å². The maximum Gasteiger partial charge on any atom is 0.271 e. The Balaban J connectivity index is 3.05. The SMILES string of the molecule is CCN(CCN=[N+]=[N-])C1=C(CI)N=C(C(=O)NC(N)N)C(N)N1. The number of rotatable bonds is 8. The fourth-order valence-electron chi connectivity index (χ4n) is 1.99. The summed E-state index contributed by atoms with van der Waals surface area (Å²) in [6.45, 7) is 3.46. The van der Waals surface area contributed by atoms with Crippen LogP contribution in [0.5, 0.6) is 0 Å². The number of nitrogens with one attached hydrogen (secondary N) is 2. The monoisotopic (exact) mass is 436 g/mol. The Morgan fingerprint density at radius 3 is 2.87 bits per heavy atom. The average Bonchev–Trinajstić information content (AvgIpc) is 2.50. The minimum absolute atomic E-state index is 0.118. The molecule has 1 rings (SSSR count). The molecule has 128 valence electrons. The first-order chi connectivity index (χ1) is 10.9. The largest absolute Gasteiger partial charge is 0.357 e. The highest BCUT2D eigenvalue weighted by Gasteiger charge is 2.28. The molecule has 1 unspecified atom stereocenters. The van der Waals surface area contributed by atoms with Gasteiger partial charge < -0.3 is 21.3 Å². The molecule has 23 heavy (non-hydrogen) atoms. The number of hydrogen-bond acceptors (Lipinski definition) is 8. The summed E-state index contributed by atoms with van der Waals surface area (Å²) in [5, 5.41) is 8.96. The molecule has 1 aliphatic heterocycles. The molecular weight excluding hydrogens is 415 g/mol. The third kappa shape index (κ3) is 5.51. The second-order valence-corrected chi connectivity index (χ2v) is 5.34. The fraction of sp³-hybridized carbons (Fsp3) is 0.636. The molecule has 0 saturated heterocycles. The number of aliphatic imine (C=N–C) groups is 1. The molecule has 0 radical (unpaired) electrons. The smallest absolute Gasteiger partial charge is 0.271 e. The lowest BCUT2D eigenvalue weighted by atomic mass is 10.2. The minimum atomic E-state index is -0.984. The number of halogens is 1. The lowest BCUT2D eigenvalue weighted by molar-refractivity contribution is -0.115. The zero-order valence-corrected chi connectivity index (χ0v) is 14.9. The molecule has 0 aromatic heterocycles. The highest BCUT2D eigenvalue weighted by atomic mass is 127. The van der Waals surface area contributed by atoms with Gasteiger partial charge in [0.1, 0.15) is 24.0 Å². The van der Waals surface area contributed by atoms with Crippen LogP contribution in [-0.4, -0.2) is 53.0 Å². The third-order valence-corrected chi connectivity index (χ3v) is 3.73. The van der Waals surface area contributed by atoms with Crippen LogP contribution in [0.15, 0.2) is 21.6 Å². The number of nitrogens with zero attached hydrogens (tertiary/aromatic N) is 5. The zero-order valence-electron chi connectivity index (χ0n) is 12.7. The van der Waals surface area contributed by atoms with E-state index in [0.717, 1.165) is 5.82 Å². The van der Waals surface area contributed by atoms with Crippen LogP contribution in [0.3, 0.4) is 0 Å². The predicted molar refractivity (Wildman–Crippen MR) is 96.0 cm³/mol. The van der Waals surface area contributed by atoms with Crippen LogP contribution in [0.25, 0.3) is 10.4 Å². The summed E-state index contributed by atoms with van der Waals surface area (Å²) in [5.41, 5.74) is 25.8. The first kappa shape index (κ1) is 19.4. The summed E-state index contributed by atoms with van der Waals surface area (Å²) in [4.78, 5) is 21.1. The van der Waals surface area contributed by atoms with Crippen LogP contribution < -0.4 is 27.8 Å². The summed E-state index contributed by atoms with van der Waals surface area (Å²) in [6.07, 6.45) is -1.77. The van der Waals surface area contributed by atoms with Crippen molar-refractivity contribution in [3.8, 4) is 0 Å². The lowest BCUT2D eigenvalue weighted by Gasteiger charge is -2.33. The van der Waals surface area contributed by atoms with Crippen molar-refractivity contribution in [1.82, 2.24) is 15.5 Å². The molecule has 1 amide bonds. The van der Waals surface area contributed by atoms with Crippen molar-refractivity contribution in [2.24, 2.45) is 27.3 Å². The van der Waals surface area contributed by atoms with Crippen molar-refractivity contribution in [2.45, 2.75) is 19.4 Å². The molecule has 0 aromatic rings. The molecule has 0 aromatic carbocycles. The van der Waals surface area contributed by atoms with Gasteiger partial charge in [0.05, 0.1) is 5.70 Å². The molecular formula is C11H21IN10O. The van der Waals surface area contributed by atoms with Gasteiger partial charge in [-0.3, -0.25) is 16.3 Å². The van der Waals surface area contributed by atoms with Crippen molar-refractivity contribution < 1.29 is 4.79 Å². The Labute approximate surface area is 147 Å². The van der Waals surface area contributed by atoms with Crippen LogP contribution in [0, 0.1) is 0 Å². The van der Waals surface area contributed by atoms with E-state index in [4.69, 9.17) is 22.7 Å². The first-order valence-electron chi connectivity index (χ1n) is 6.92. The van der Waals surface area contributed by atoms with Gasteiger partial charge in [-0.1, -0.05) is 27.7 Å². The Hall–Kier alpha value is -1.60. The van der Waals surface area contributed by atoms with Crippen LogP contribution in [0.1, 0.15) is 6.92 Å². The molecule has 0 bridgehead atoms. The van der Waals surface area contributed by atoms with E-state index in [9.17, 15) is 4.79 Å². The second kappa shape index (κ2) is 9.52. The molecule has 0 fully saturated rings. The Morgan fingerprint density at radius 2 is 2.35 bits per heavy atom. The van der Waals surface area contributed by atoms with E-state index in [1.54, 1.807) is 0 Å². The van der Waals surface area contributed by atoms with Gasteiger partial charge in [0.25, 0.3) is 5.91 Å². The van der Waals surface area contributed by atoms with Gasteiger partial charge in [0.15, 0.2) is 0 Å². The van der Waals surface area contributed by atoms with Crippen LogP contribution in [0.4, 0.5) is 0 Å². The highest BCUT2D eigenvalue weighted by molar-refractivity contribution is 14.1. The van der Waals surface area contributed by atoms with E-state index in [0.29, 0.717) is 29.8 Å². The zero-order chi connectivity index (χ0) is 17.4. The number of hydrogen-bond donors (Lipinski definition) is 5. The topological polar surface area (TPSA) is 184 Å². The van der Waals surface area contributed by atoms with Crippen LogP contribution in [0.2, 0.25) is 0 Å². The number of nitrogens with two attached hydrogens (primary N) is 3. The standard InChI is InChI=1S/C11H21IN10O/c1-2-22(4-3-17-21-16)9-6(5-12)18-7(8(13)19-9)10(23)20-11(14)15/h8,11,19H,2-5,13-15H2,1H3,(H,20,23). The quantitative estimate of drug-likeness (QED) is 0.0801. The summed E-state index contributed by atoms with van der Waals surface area (Å²) in [7, 11) is 0. The van der Waals surface area contributed by atoms with E-state index >= 15 is 0 Å². The van der Waals surface area contributed by atoms with Gasteiger partial charge in [0, 0.05) is 29.0 Å². The third-order valence-electron chi connectivity index (χ3n) is 3.00. The number of carbonyl (C=O) groups is 1. The van der Waals surface area contributed by atoms with Crippen molar-refractivity contribution in [1.29, 1.82) is 0 Å². The normalized spacial score (nSPS) is 17.3. The Bertz CT molecular complexity index is 539. The number of alkyl halides is 1. The lowest BCUT2D eigenvalue weighted by Crippen LogP contribution is -2.58. The van der Waals surface area contributed by atoms with Gasteiger partial charge in [-0.2, -0.15) is 0 Å².